The van der Waals surface area contributed by atoms with E-state index in [4.69, 9.17) is 5.73 Å². The van der Waals surface area contributed by atoms with Gasteiger partial charge in [-0.25, -0.2) is 4.39 Å². The van der Waals surface area contributed by atoms with Crippen molar-refractivity contribution in [1.29, 1.82) is 0 Å². The Morgan fingerprint density at radius 2 is 1.75 bits per heavy atom. The van der Waals surface area contributed by atoms with Crippen LogP contribution in [0.25, 0.3) is 11.1 Å². The van der Waals surface area contributed by atoms with Crippen molar-refractivity contribution < 1.29 is 22.3 Å². The van der Waals surface area contributed by atoms with Gasteiger partial charge in [0.15, 0.2) is 0 Å². The van der Waals surface area contributed by atoms with E-state index in [0.29, 0.717) is 5.56 Å². The monoisotopic (exact) mass is 285 g/mol. The highest BCUT2D eigenvalue weighted by Crippen LogP contribution is 2.32. The van der Waals surface area contributed by atoms with Gasteiger partial charge in [-0.1, -0.05) is 30.3 Å². The van der Waals surface area contributed by atoms with Crippen LogP contribution in [0.1, 0.15) is 5.56 Å². The second kappa shape index (κ2) is 5.50. The number of halogens is 4. The lowest BCUT2D eigenvalue weighted by atomic mass is 10.0. The van der Waals surface area contributed by atoms with Crippen LogP contribution in [0.2, 0.25) is 0 Å². The molecule has 0 aromatic heterocycles. The van der Waals surface area contributed by atoms with Gasteiger partial charge in [-0.2, -0.15) is 0 Å². The van der Waals surface area contributed by atoms with Crippen LogP contribution >= 0.6 is 0 Å². The van der Waals surface area contributed by atoms with E-state index in [1.165, 1.54) is 30.3 Å². The predicted molar refractivity (Wildman–Crippen MR) is 66.4 cm³/mol. The normalized spacial score (nSPS) is 11.4. The Kier molecular flexibility index (Phi) is 3.94. The first-order valence-corrected chi connectivity index (χ1v) is 5.74. The predicted octanol–water partition coefficient (Wildman–Crippen LogP) is 3.85. The van der Waals surface area contributed by atoms with Gasteiger partial charge < -0.3 is 10.5 Å². The molecule has 2 N–H and O–H groups in total. The van der Waals surface area contributed by atoms with Crippen molar-refractivity contribution in [3.05, 3.63) is 53.8 Å². The van der Waals surface area contributed by atoms with Crippen LogP contribution in [0.4, 0.5) is 17.6 Å². The van der Waals surface area contributed by atoms with Crippen LogP contribution in [-0.4, -0.2) is 6.36 Å². The van der Waals surface area contributed by atoms with E-state index in [9.17, 15) is 17.6 Å². The van der Waals surface area contributed by atoms with Crippen molar-refractivity contribution >= 4 is 0 Å². The SMILES string of the molecule is NCc1ccc(-c2ccccc2F)cc1OC(F)(F)F. The number of nitrogens with two attached hydrogens (primary N) is 1. The molecular formula is C14H11F4NO. The molecule has 2 aromatic rings. The van der Waals surface area contributed by atoms with Gasteiger partial charge in [0.25, 0.3) is 0 Å². The lowest BCUT2D eigenvalue weighted by Gasteiger charge is -2.14. The van der Waals surface area contributed by atoms with Crippen molar-refractivity contribution in [3.8, 4) is 16.9 Å². The molecule has 20 heavy (non-hydrogen) atoms. The maximum absolute atomic E-state index is 13.6. The molecule has 0 saturated carbocycles. The second-order valence-electron chi connectivity index (χ2n) is 4.05. The fraction of sp³-hybridized carbons (Fsp3) is 0.143. The van der Waals surface area contributed by atoms with Gasteiger partial charge in [0.1, 0.15) is 11.6 Å². The van der Waals surface area contributed by atoms with Crippen LogP contribution < -0.4 is 10.5 Å². The molecule has 0 atom stereocenters. The lowest BCUT2D eigenvalue weighted by molar-refractivity contribution is -0.274. The number of ether oxygens (including phenoxy) is 1. The van der Waals surface area contributed by atoms with Crippen molar-refractivity contribution in [2.24, 2.45) is 5.73 Å². The maximum atomic E-state index is 13.6. The summed E-state index contributed by atoms with van der Waals surface area (Å²) in [4.78, 5) is 0. The molecule has 0 aliphatic rings. The third-order valence-electron chi connectivity index (χ3n) is 2.70. The quantitative estimate of drug-likeness (QED) is 0.869. The topological polar surface area (TPSA) is 35.2 Å². The minimum Gasteiger partial charge on any atom is -0.405 e. The number of rotatable bonds is 3. The van der Waals surface area contributed by atoms with E-state index in [1.54, 1.807) is 6.07 Å². The van der Waals surface area contributed by atoms with Crippen LogP contribution in [-0.2, 0) is 6.54 Å². The van der Waals surface area contributed by atoms with Gasteiger partial charge in [0.2, 0.25) is 0 Å². The van der Waals surface area contributed by atoms with E-state index >= 15 is 0 Å². The third-order valence-corrected chi connectivity index (χ3v) is 2.70. The summed E-state index contributed by atoms with van der Waals surface area (Å²) in [5.41, 5.74) is 6.05. The molecule has 0 radical (unpaired) electrons. The zero-order chi connectivity index (χ0) is 14.8. The molecule has 2 aromatic carbocycles. The van der Waals surface area contributed by atoms with E-state index < -0.39 is 17.9 Å². The first-order chi connectivity index (χ1) is 9.40. The summed E-state index contributed by atoms with van der Waals surface area (Å²) in [7, 11) is 0. The first-order valence-electron chi connectivity index (χ1n) is 5.74. The van der Waals surface area contributed by atoms with E-state index in [1.807, 2.05) is 0 Å². The molecule has 2 rings (SSSR count). The second-order valence-corrected chi connectivity index (χ2v) is 4.05. The molecule has 0 spiro atoms. The van der Waals surface area contributed by atoms with Crippen LogP contribution in [0.3, 0.4) is 0 Å². The summed E-state index contributed by atoms with van der Waals surface area (Å²) in [6.45, 7) is -0.108. The Hall–Kier alpha value is -2.08. The fourth-order valence-corrected chi connectivity index (χ4v) is 1.81. The minimum atomic E-state index is -4.82. The van der Waals surface area contributed by atoms with Gasteiger partial charge >= 0.3 is 6.36 Å². The number of benzene rings is 2. The van der Waals surface area contributed by atoms with Gasteiger partial charge in [0, 0.05) is 17.7 Å². The Bertz CT molecular complexity index is 610. The molecule has 0 aliphatic heterocycles. The minimum absolute atomic E-state index is 0.108. The highest BCUT2D eigenvalue weighted by Gasteiger charge is 2.32. The molecule has 2 nitrogen and oxygen atoms in total. The third kappa shape index (κ3) is 3.27. The maximum Gasteiger partial charge on any atom is 0.573 e. The van der Waals surface area contributed by atoms with Crippen LogP contribution in [0.15, 0.2) is 42.5 Å². The summed E-state index contributed by atoms with van der Waals surface area (Å²) in [6, 6.07) is 9.83. The molecule has 0 saturated heterocycles. The molecule has 106 valence electrons. The van der Waals surface area contributed by atoms with E-state index in [0.717, 1.165) is 6.07 Å². The number of hydrogen-bond acceptors (Lipinski definition) is 2. The van der Waals surface area contributed by atoms with Gasteiger partial charge in [-0.3, -0.25) is 0 Å². The summed E-state index contributed by atoms with van der Waals surface area (Å²) in [5, 5.41) is 0. The molecule has 0 bridgehead atoms. The molecule has 0 unspecified atom stereocenters. The average Bonchev–Trinajstić information content (AvgIpc) is 2.37. The largest absolute Gasteiger partial charge is 0.573 e. The smallest absolute Gasteiger partial charge is 0.405 e. The van der Waals surface area contributed by atoms with Crippen molar-refractivity contribution in [2.75, 3.05) is 0 Å². The molecule has 0 amide bonds. The standard InChI is InChI=1S/C14H11F4NO/c15-12-4-2-1-3-11(12)9-5-6-10(8-19)13(7-9)20-14(16,17)18/h1-7H,8,19H2. The van der Waals surface area contributed by atoms with Crippen molar-refractivity contribution in [1.82, 2.24) is 0 Å². The summed E-state index contributed by atoms with van der Waals surface area (Å²) in [6.07, 6.45) is -4.82. The Morgan fingerprint density at radius 1 is 1.05 bits per heavy atom. The zero-order valence-electron chi connectivity index (χ0n) is 10.2. The van der Waals surface area contributed by atoms with Crippen molar-refractivity contribution in [3.63, 3.8) is 0 Å². The van der Waals surface area contributed by atoms with Gasteiger partial charge in [-0.05, 0) is 17.7 Å². The molecule has 0 heterocycles. The number of hydrogen-bond donors (Lipinski definition) is 1. The van der Waals surface area contributed by atoms with E-state index in [-0.39, 0.29) is 17.7 Å². The highest BCUT2D eigenvalue weighted by atomic mass is 19.4. The van der Waals surface area contributed by atoms with Gasteiger partial charge in [0.05, 0.1) is 0 Å². The van der Waals surface area contributed by atoms with Gasteiger partial charge in [-0.15, -0.1) is 13.2 Å². The molecule has 0 aliphatic carbocycles. The highest BCUT2D eigenvalue weighted by molar-refractivity contribution is 5.66. The summed E-state index contributed by atoms with van der Waals surface area (Å²) >= 11 is 0. The average molecular weight is 285 g/mol. The van der Waals surface area contributed by atoms with Crippen molar-refractivity contribution in [2.45, 2.75) is 12.9 Å². The van der Waals surface area contributed by atoms with Crippen LogP contribution in [0.5, 0.6) is 5.75 Å². The molecule has 6 heteroatoms. The summed E-state index contributed by atoms with van der Waals surface area (Å²) < 4.78 is 54.6. The summed E-state index contributed by atoms with van der Waals surface area (Å²) in [5.74, 6) is -0.938. The molecule has 0 fully saturated rings. The fourth-order valence-electron chi connectivity index (χ4n) is 1.81. The first kappa shape index (κ1) is 14.3. The Labute approximate surface area is 112 Å². The Balaban J connectivity index is 2.47. The van der Waals surface area contributed by atoms with E-state index in [2.05, 4.69) is 4.74 Å². The Morgan fingerprint density at radius 3 is 2.35 bits per heavy atom. The number of alkyl halides is 3. The van der Waals surface area contributed by atoms with Crippen LogP contribution in [0, 0.1) is 5.82 Å². The molecular weight excluding hydrogens is 274 g/mol. The lowest BCUT2D eigenvalue weighted by Crippen LogP contribution is -2.18. The zero-order valence-corrected chi connectivity index (χ0v) is 10.2.